The summed E-state index contributed by atoms with van der Waals surface area (Å²) in [6, 6.07) is 6.20. The van der Waals surface area contributed by atoms with Gasteiger partial charge in [0.05, 0.1) is 10.8 Å². The van der Waals surface area contributed by atoms with Gasteiger partial charge >= 0.3 is 6.16 Å². The number of nitrogens with zero attached hydrogens (tertiary/aromatic N) is 1. The average Bonchev–Trinajstić information content (AvgIpc) is 2.55. The van der Waals surface area contributed by atoms with E-state index in [4.69, 9.17) is 15.3 Å². The predicted molar refractivity (Wildman–Crippen MR) is 86.4 cm³/mol. The minimum absolute atomic E-state index is 0.00862. The van der Waals surface area contributed by atoms with E-state index in [-0.39, 0.29) is 40.6 Å². The zero-order valence-electron chi connectivity index (χ0n) is 12.6. The van der Waals surface area contributed by atoms with Crippen molar-refractivity contribution in [3.8, 4) is 5.75 Å². The fourth-order valence-electron chi connectivity index (χ4n) is 2.38. The van der Waals surface area contributed by atoms with Crippen molar-refractivity contribution in [3.63, 3.8) is 0 Å². The number of rotatable bonds is 3. The molecule has 2 aromatic heterocycles. The molecule has 8 heteroatoms. The molecule has 0 fully saturated rings. The molecule has 2 heterocycles. The van der Waals surface area contributed by atoms with Gasteiger partial charge in [-0.05, 0) is 17.7 Å². The van der Waals surface area contributed by atoms with Crippen molar-refractivity contribution in [2.24, 2.45) is 0 Å². The Balaban J connectivity index is 2.29. The number of pyridine rings is 1. The van der Waals surface area contributed by atoms with Gasteiger partial charge in [0.1, 0.15) is 5.58 Å². The lowest BCUT2D eigenvalue weighted by Gasteiger charge is -2.10. The van der Waals surface area contributed by atoms with Gasteiger partial charge in [-0.2, -0.15) is 4.98 Å². The minimum Gasteiger partial charge on any atom is -0.449 e. The third kappa shape index (κ3) is 2.63. The molecule has 0 aliphatic carbocycles. The van der Waals surface area contributed by atoms with Crippen LogP contribution in [0, 0.1) is 0 Å². The molecule has 3 rings (SSSR count). The normalized spacial score (nSPS) is 12.4. The molecule has 0 amide bonds. The Bertz CT molecular complexity index is 1010. The van der Waals surface area contributed by atoms with Crippen LogP contribution in [0.2, 0.25) is 0 Å². The first kappa shape index (κ1) is 15.8. The maximum absolute atomic E-state index is 12.7. The van der Waals surface area contributed by atoms with Crippen molar-refractivity contribution in [2.45, 2.75) is 12.8 Å². The number of fused-ring (bicyclic) bond motifs is 2. The molecule has 0 saturated carbocycles. The Kier molecular flexibility index (Phi) is 3.82. The number of carboxylic acid groups (broad SMARTS) is 1. The van der Waals surface area contributed by atoms with E-state index in [9.17, 15) is 14.7 Å². The van der Waals surface area contributed by atoms with Gasteiger partial charge in [-0.25, -0.2) is 4.79 Å². The molecule has 1 atom stereocenters. The first-order chi connectivity index (χ1) is 11.4. The summed E-state index contributed by atoms with van der Waals surface area (Å²) in [5.74, 6) is -0.570. The van der Waals surface area contributed by atoms with E-state index in [1.165, 1.54) is 6.07 Å². The summed E-state index contributed by atoms with van der Waals surface area (Å²) < 4.78 is 10.1. The number of aromatic nitrogens is 1. The van der Waals surface area contributed by atoms with Crippen LogP contribution in [0.15, 0.2) is 33.5 Å². The summed E-state index contributed by atoms with van der Waals surface area (Å²) in [5, 5.41) is 18.3. The summed E-state index contributed by atoms with van der Waals surface area (Å²) >= 11 is 0. The van der Waals surface area contributed by atoms with Crippen LogP contribution in [0.1, 0.15) is 18.4 Å². The summed E-state index contributed by atoms with van der Waals surface area (Å²) in [5.41, 5.74) is 6.32. The highest BCUT2D eigenvalue weighted by molar-refractivity contribution is 5.90. The highest BCUT2D eigenvalue weighted by Crippen LogP contribution is 2.27. The molecular weight excluding hydrogens is 316 g/mol. The first-order valence-corrected chi connectivity index (χ1v) is 7.09. The van der Waals surface area contributed by atoms with Crippen LogP contribution in [0.4, 0.5) is 10.6 Å². The smallest absolute Gasteiger partial charge is 0.449 e. The number of ether oxygens (including phenoxy) is 1. The molecular formula is C16H14N2O6. The summed E-state index contributed by atoms with van der Waals surface area (Å²) in [4.78, 5) is 27.3. The second-order valence-electron chi connectivity index (χ2n) is 5.36. The van der Waals surface area contributed by atoms with Gasteiger partial charge in [0.15, 0.2) is 11.6 Å². The third-order valence-electron chi connectivity index (χ3n) is 3.72. The highest BCUT2D eigenvalue weighted by atomic mass is 16.7. The number of aliphatic hydroxyl groups excluding tert-OH is 1. The largest absolute Gasteiger partial charge is 0.511 e. The molecule has 24 heavy (non-hydrogen) atoms. The molecule has 4 N–H and O–H groups in total. The number of aliphatic hydroxyl groups is 1. The molecule has 0 radical (unpaired) electrons. The zero-order valence-corrected chi connectivity index (χ0v) is 12.6. The second kappa shape index (κ2) is 5.82. The fraction of sp³-hybridized carbons (Fsp3) is 0.188. The van der Waals surface area contributed by atoms with Crippen LogP contribution in [0.5, 0.6) is 5.75 Å². The average molecular weight is 330 g/mol. The maximum Gasteiger partial charge on any atom is 0.511 e. The lowest BCUT2D eigenvalue weighted by molar-refractivity contribution is 0.144. The number of benzene rings is 1. The Hall–Kier alpha value is -3.13. The Labute approximate surface area is 135 Å². The van der Waals surface area contributed by atoms with Crippen molar-refractivity contribution in [1.82, 2.24) is 4.98 Å². The van der Waals surface area contributed by atoms with Gasteiger partial charge in [-0.3, -0.25) is 4.79 Å². The van der Waals surface area contributed by atoms with E-state index in [0.717, 1.165) is 5.56 Å². The molecule has 0 aliphatic heterocycles. The van der Waals surface area contributed by atoms with Crippen LogP contribution in [0.3, 0.4) is 0 Å². The monoisotopic (exact) mass is 330 g/mol. The number of carbonyl (C=O) groups is 1. The lowest BCUT2D eigenvalue weighted by atomic mass is 10.00. The molecule has 0 saturated heterocycles. The first-order valence-electron chi connectivity index (χ1n) is 7.09. The van der Waals surface area contributed by atoms with Crippen molar-refractivity contribution in [3.05, 3.63) is 40.1 Å². The van der Waals surface area contributed by atoms with Crippen molar-refractivity contribution >= 4 is 34.0 Å². The van der Waals surface area contributed by atoms with Crippen LogP contribution in [-0.2, 0) is 0 Å². The van der Waals surface area contributed by atoms with Crippen molar-refractivity contribution < 1.29 is 24.2 Å². The maximum atomic E-state index is 12.7. The van der Waals surface area contributed by atoms with Crippen molar-refractivity contribution in [1.29, 1.82) is 0 Å². The van der Waals surface area contributed by atoms with Crippen LogP contribution in [0.25, 0.3) is 22.1 Å². The molecule has 3 aromatic rings. The lowest BCUT2D eigenvalue weighted by Crippen LogP contribution is -2.10. The third-order valence-corrected chi connectivity index (χ3v) is 3.72. The Morgan fingerprint density at radius 3 is 2.79 bits per heavy atom. The van der Waals surface area contributed by atoms with E-state index < -0.39 is 6.16 Å². The number of nitrogens with two attached hydrogens (primary N) is 1. The predicted octanol–water partition coefficient (Wildman–Crippen LogP) is 2.08. The Morgan fingerprint density at radius 1 is 1.38 bits per heavy atom. The molecule has 8 nitrogen and oxygen atoms in total. The Morgan fingerprint density at radius 2 is 2.12 bits per heavy atom. The van der Waals surface area contributed by atoms with E-state index >= 15 is 0 Å². The van der Waals surface area contributed by atoms with Gasteiger partial charge in [-0.15, -0.1) is 0 Å². The topological polar surface area (TPSA) is 136 Å². The quantitative estimate of drug-likeness (QED) is 0.490. The van der Waals surface area contributed by atoms with Gasteiger partial charge in [0, 0.05) is 18.6 Å². The summed E-state index contributed by atoms with van der Waals surface area (Å²) in [6.45, 7) is 1.77. The molecule has 0 bridgehead atoms. The van der Waals surface area contributed by atoms with Crippen LogP contribution < -0.4 is 15.9 Å². The van der Waals surface area contributed by atoms with Gasteiger partial charge < -0.3 is 25.1 Å². The molecule has 0 aliphatic rings. The standard InChI is InChI=1S/C16H14N2O6/c1-7(6-19)8-2-3-11-9(4-8)13(20)10-5-12(24-16(21)22)14(17)18-15(10)23-11/h2-5,7,19H,6H2,1H3,(H2,17,18)(H,21,22). The summed E-state index contributed by atoms with van der Waals surface area (Å²) in [6.07, 6.45) is -1.56. The molecule has 1 aromatic carbocycles. The number of anilines is 1. The number of hydrogen-bond donors (Lipinski definition) is 3. The highest BCUT2D eigenvalue weighted by Gasteiger charge is 2.16. The van der Waals surface area contributed by atoms with Gasteiger partial charge in [0.2, 0.25) is 11.1 Å². The number of hydrogen-bond acceptors (Lipinski definition) is 7. The molecule has 1 unspecified atom stereocenters. The van der Waals surface area contributed by atoms with Gasteiger partial charge in [-0.1, -0.05) is 13.0 Å². The van der Waals surface area contributed by atoms with E-state index in [0.29, 0.717) is 11.0 Å². The fourth-order valence-corrected chi connectivity index (χ4v) is 2.38. The van der Waals surface area contributed by atoms with Crippen LogP contribution >= 0.6 is 0 Å². The molecule has 0 spiro atoms. The SMILES string of the molecule is CC(CO)c1ccc2oc3nc(N)c(OC(=O)O)cc3c(=O)c2c1. The van der Waals surface area contributed by atoms with Crippen molar-refractivity contribution in [2.75, 3.05) is 12.3 Å². The van der Waals surface area contributed by atoms with Gasteiger partial charge in [0.25, 0.3) is 0 Å². The molecule has 124 valence electrons. The second-order valence-corrected chi connectivity index (χ2v) is 5.36. The van der Waals surface area contributed by atoms with E-state index in [1.807, 2.05) is 6.92 Å². The zero-order chi connectivity index (χ0) is 17.4. The van der Waals surface area contributed by atoms with E-state index in [1.54, 1.807) is 18.2 Å². The number of nitrogen functional groups attached to an aromatic ring is 1. The van der Waals surface area contributed by atoms with E-state index in [2.05, 4.69) is 9.72 Å². The van der Waals surface area contributed by atoms with Crippen LogP contribution in [-0.4, -0.2) is 28.0 Å². The summed E-state index contributed by atoms with van der Waals surface area (Å²) in [7, 11) is 0. The minimum atomic E-state index is -1.56.